The van der Waals surface area contributed by atoms with Gasteiger partial charge in [0.05, 0.1) is 23.6 Å². The minimum Gasteiger partial charge on any atom is -0.470 e. The summed E-state index contributed by atoms with van der Waals surface area (Å²) in [6, 6.07) is 12.4. The maximum atomic E-state index is 12.3. The van der Waals surface area contributed by atoms with Gasteiger partial charge in [-0.05, 0) is 32.0 Å². The van der Waals surface area contributed by atoms with E-state index in [2.05, 4.69) is 30.4 Å². The fourth-order valence-electron chi connectivity index (χ4n) is 3.64. The maximum absolute atomic E-state index is 12.3. The number of ether oxygens (including phenoxy) is 1. The number of carbonyl (C=O) groups excluding carboxylic acids is 1. The van der Waals surface area contributed by atoms with Crippen LogP contribution in [-0.4, -0.2) is 58.4 Å². The number of aromatic nitrogens is 6. The van der Waals surface area contributed by atoms with Crippen molar-refractivity contribution in [2.45, 2.75) is 27.1 Å². The predicted molar refractivity (Wildman–Crippen MR) is 128 cm³/mol. The zero-order valence-electron chi connectivity index (χ0n) is 19.4. The fourth-order valence-corrected chi connectivity index (χ4v) is 3.64. The largest absolute Gasteiger partial charge is 0.470 e. The Labute approximate surface area is 203 Å². The van der Waals surface area contributed by atoms with Gasteiger partial charge in [0, 0.05) is 22.6 Å². The lowest BCUT2D eigenvalue weighted by atomic mass is 10.1. The molecule has 0 unspecified atom stereocenters. The molecule has 1 aromatic carbocycles. The van der Waals surface area contributed by atoms with Crippen molar-refractivity contribution in [3.05, 3.63) is 65.2 Å². The summed E-state index contributed by atoms with van der Waals surface area (Å²) in [7, 11) is 0. The van der Waals surface area contributed by atoms with E-state index >= 15 is 0 Å². The summed E-state index contributed by atoms with van der Waals surface area (Å²) >= 11 is 0. The van der Waals surface area contributed by atoms with Crippen molar-refractivity contribution in [3.8, 4) is 17.4 Å². The number of rotatable bonds is 7. The second-order valence-corrected chi connectivity index (χ2v) is 7.98. The summed E-state index contributed by atoms with van der Waals surface area (Å²) in [4.78, 5) is 20.6. The number of aliphatic hydroxyl groups is 2. The van der Waals surface area contributed by atoms with Crippen LogP contribution in [-0.2, 0) is 13.2 Å². The second-order valence-electron chi connectivity index (χ2n) is 7.98. The summed E-state index contributed by atoms with van der Waals surface area (Å²) in [6.45, 7) is 2.79. The molecule has 0 atom stereocenters. The van der Waals surface area contributed by atoms with Crippen LogP contribution in [0.15, 0.2) is 52.0 Å². The van der Waals surface area contributed by atoms with Crippen LogP contribution in [0.1, 0.15) is 34.4 Å². The highest BCUT2D eigenvalue weighted by atomic mass is 16.5. The number of nitrogens with zero attached hydrogens (tertiary/aromatic N) is 7. The molecule has 0 saturated heterocycles. The Bertz CT molecular complexity index is 1620. The number of amides is 1. The van der Waals surface area contributed by atoms with Gasteiger partial charge in [0.15, 0.2) is 17.1 Å². The third-order valence-corrected chi connectivity index (χ3v) is 5.43. The molecule has 2 N–H and O–H groups in total. The summed E-state index contributed by atoms with van der Waals surface area (Å²) in [5, 5.41) is 36.9. The quantitative estimate of drug-likeness (QED) is 0.326. The van der Waals surface area contributed by atoms with Gasteiger partial charge in [-0.2, -0.15) is 4.52 Å². The lowest BCUT2D eigenvalue weighted by molar-refractivity contribution is 0.100. The second kappa shape index (κ2) is 9.60. The Hall–Kier alpha value is -4.55. The molecule has 0 saturated carbocycles. The monoisotopic (exact) mass is 487 g/mol. The summed E-state index contributed by atoms with van der Waals surface area (Å²) < 4.78 is 12.7. The van der Waals surface area contributed by atoms with Crippen molar-refractivity contribution in [1.82, 2.24) is 30.0 Å². The first-order valence-electron chi connectivity index (χ1n) is 11.0. The fraction of sp³-hybridized carbons (Fsp3) is 0.208. The Balaban J connectivity index is 1.48. The molecular weight excluding hydrogens is 466 g/mol. The molecular formula is C24H21N7O5. The van der Waals surface area contributed by atoms with Gasteiger partial charge in [-0.1, -0.05) is 23.4 Å². The summed E-state index contributed by atoms with van der Waals surface area (Å²) in [6.07, 6.45) is 0. The van der Waals surface area contributed by atoms with E-state index in [0.29, 0.717) is 51.5 Å². The minimum absolute atomic E-state index is 0.0901. The Morgan fingerprint density at radius 3 is 2.67 bits per heavy atom. The van der Waals surface area contributed by atoms with Gasteiger partial charge in [0.1, 0.15) is 13.2 Å². The smallest absolute Gasteiger partial charge is 0.278 e. The highest BCUT2D eigenvalue weighted by Crippen LogP contribution is 2.29. The number of aliphatic hydroxyl groups excluding tert-OH is 2. The van der Waals surface area contributed by atoms with E-state index in [-0.39, 0.29) is 19.8 Å². The maximum Gasteiger partial charge on any atom is 0.278 e. The van der Waals surface area contributed by atoms with Crippen LogP contribution in [0.25, 0.3) is 27.9 Å². The van der Waals surface area contributed by atoms with Crippen LogP contribution < -0.4 is 4.74 Å². The molecule has 5 aromatic rings. The van der Waals surface area contributed by atoms with Crippen LogP contribution in [0.4, 0.5) is 0 Å². The molecule has 12 heteroatoms. The third kappa shape index (κ3) is 4.30. The van der Waals surface area contributed by atoms with Crippen molar-refractivity contribution in [2.24, 2.45) is 4.99 Å². The Kier molecular flexibility index (Phi) is 6.19. The van der Waals surface area contributed by atoms with Gasteiger partial charge >= 0.3 is 0 Å². The van der Waals surface area contributed by atoms with Crippen molar-refractivity contribution in [3.63, 3.8) is 0 Å². The molecule has 0 spiro atoms. The van der Waals surface area contributed by atoms with E-state index in [0.717, 1.165) is 10.8 Å². The van der Waals surface area contributed by atoms with E-state index in [4.69, 9.17) is 14.4 Å². The van der Waals surface area contributed by atoms with Crippen molar-refractivity contribution in [1.29, 1.82) is 0 Å². The Morgan fingerprint density at radius 1 is 1.14 bits per heavy atom. The van der Waals surface area contributed by atoms with E-state index in [1.807, 2.05) is 24.3 Å². The topological polar surface area (TPSA) is 161 Å². The molecule has 0 aliphatic carbocycles. The van der Waals surface area contributed by atoms with E-state index in [1.165, 1.54) is 4.52 Å². The average Bonchev–Trinajstić information content (AvgIpc) is 3.54. The molecule has 5 rings (SSSR count). The molecule has 4 aromatic heterocycles. The summed E-state index contributed by atoms with van der Waals surface area (Å²) in [5.41, 5.74) is 2.64. The van der Waals surface area contributed by atoms with Gasteiger partial charge in [-0.3, -0.25) is 9.78 Å². The minimum atomic E-state index is -0.463. The first-order chi connectivity index (χ1) is 17.5. The zero-order chi connectivity index (χ0) is 25.2. The highest BCUT2D eigenvalue weighted by molar-refractivity contribution is 6.04. The van der Waals surface area contributed by atoms with Gasteiger partial charge in [-0.25, -0.2) is 4.99 Å². The molecule has 182 valence electrons. The van der Waals surface area contributed by atoms with Crippen molar-refractivity contribution in [2.75, 3.05) is 6.61 Å². The molecule has 4 heterocycles. The number of fused-ring (bicyclic) bond motifs is 3. The lowest BCUT2D eigenvalue weighted by Crippen LogP contribution is -2.09. The number of pyridine rings is 1. The SMILES string of the molecule is CC(CO)=NC(=O)c1ccc(COc2nn3c(-c4cc(CO)on4)nnc3c3ccccc23)nc1C. The number of benzene rings is 1. The number of aliphatic imine (C=N–C) groups is 1. The first-order valence-corrected chi connectivity index (χ1v) is 11.0. The molecule has 0 aliphatic rings. The number of hydrogen-bond acceptors (Lipinski definition) is 10. The molecule has 12 nitrogen and oxygen atoms in total. The molecule has 0 radical (unpaired) electrons. The van der Waals surface area contributed by atoms with Gasteiger partial charge in [0.2, 0.25) is 11.7 Å². The highest BCUT2D eigenvalue weighted by Gasteiger charge is 2.19. The van der Waals surface area contributed by atoms with Gasteiger partial charge in [-0.15, -0.1) is 15.3 Å². The van der Waals surface area contributed by atoms with Gasteiger partial charge < -0.3 is 19.5 Å². The third-order valence-electron chi connectivity index (χ3n) is 5.43. The normalized spacial score (nSPS) is 11.9. The van der Waals surface area contributed by atoms with Crippen LogP contribution >= 0.6 is 0 Å². The standard InChI is InChI=1S/C24H21N7O5/c1-13(10-32)25-23(34)17-8-7-15(26-14(17)2)12-35-24-19-6-4-3-5-18(19)21-27-28-22(31(21)29-24)20-9-16(11-33)36-30-20/h3-9,32-33H,10-12H2,1-2H3. The first kappa shape index (κ1) is 23.2. The van der Waals surface area contributed by atoms with Crippen LogP contribution in [0, 0.1) is 6.92 Å². The Morgan fingerprint density at radius 2 is 1.94 bits per heavy atom. The predicted octanol–water partition coefficient (Wildman–Crippen LogP) is 2.30. The number of hydrogen-bond donors (Lipinski definition) is 2. The molecule has 1 amide bonds. The van der Waals surface area contributed by atoms with Gasteiger partial charge in [0.25, 0.3) is 5.91 Å². The molecule has 0 aliphatic heterocycles. The van der Waals surface area contributed by atoms with Crippen LogP contribution in [0.2, 0.25) is 0 Å². The van der Waals surface area contributed by atoms with E-state index in [9.17, 15) is 9.90 Å². The molecule has 0 bridgehead atoms. The lowest BCUT2D eigenvalue weighted by Gasteiger charge is -2.10. The number of carbonyl (C=O) groups is 1. The van der Waals surface area contributed by atoms with E-state index < -0.39 is 5.91 Å². The molecule has 0 fully saturated rings. The van der Waals surface area contributed by atoms with E-state index in [1.54, 1.807) is 32.0 Å². The van der Waals surface area contributed by atoms with Crippen molar-refractivity contribution < 1.29 is 24.3 Å². The molecule has 36 heavy (non-hydrogen) atoms. The number of aryl methyl sites for hydroxylation is 1. The van der Waals surface area contributed by atoms with Crippen molar-refractivity contribution >= 4 is 28.0 Å². The van der Waals surface area contributed by atoms with Crippen LogP contribution in [0.3, 0.4) is 0 Å². The zero-order valence-corrected chi connectivity index (χ0v) is 19.4. The summed E-state index contributed by atoms with van der Waals surface area (Å²) in [5.74, 6) is 0.487. The average molecular weight is 487 g/mol. The van der Waals surface area contributed by atoms with Crippen LogP contribution in [0.5, 0.6) is 5.88 Å².